The van der Waals surface area contributed by atoms with Gasteiger partial charge in [-0.25, -0.2) is 4.39 Å². The summed E-state index contributed by atoms with van der Waals surface area (Å²) in [6, 6.07) is 4.92. The first-order valence-corrected chi connectivity index (χ1v) is 6.17. The Morgan fingerprint density at radius 3 is 2.82 bits per heavy atom. The van der Waals surface area contributed by atoms with Gasteiger partial charge < -0.3 is 5.32 Å². The third-order valence-electron chi connectivity index (χ3n) is 2.90. The highest BCUT2D eigenvalue weighted by Crippen LogP contribution is 2.28. The first kappa shape index (κ1) is 14.2. The van der Waals surface area contributed by atoms with Crippen LogP contribution >= 0.6 is 11.6 Å². The van der Waals surface area contributed by atoms with Crippen molar-refractivity contribution < 1.29 is 4.39 Å². The van der Waals surface area contributed by atoms with Gasteiger partial charge in [-0.3, -0.25) is 0 Å². The number of nitrogens with one attached hydrogen (secondary N) is 1. The minimum absolute atomic E-state index is 0.118. The summed E-state index contributed by atoms with van der Waals surface area (Å²) in [5.41, 5.74) is 0.708. The molecule has 0 spiro atoms. The third kappa shape index (κ3) is 3.83. The quantitative estimate of drug-likeness (QED) is 0.762. The van der Waals surface area contributed by atoms with Crippen LogP contribution in [0, 0.1) is 11.2 Å². The summed E-state index contributed by atoms with van der Waals surface area (Å²) < 4.78 is 13.3. The molecular formula is C14H19ClFN. The van der Waals surface area contributed by atoms with E-state index in [1.54, 1.807) is 6.07 Å². The molecule has 0 fully saturated rings. The summed E-state index contributed by atoms with van der Waals surface area (Å²) in [6.45, 7) is 9.71. The van der Waals surface area contributed by atoms with Crippen LogP contribution in [0.2, 0.25) is 5.02 Å². The standard InChI is InChI=1S/C14H19ClFN/c1-4-14(3,10-17-5-2)9-11-7-6-8-12(16)13(11)15/h4,6-8,17H,1,5,9-10H2,2-3H3. The number of halogens is 2. The summed E-state index contributed by atoms with van der Waals surface area (Å²) in [7, 11) is 0. The van der Waals surface area contributed by atoms with Crippen LogP contribution in [-0.2, 0) is 6.42 Å². The normalized spacial score (nSPS) is 14.4. The maximum absolute atomic E-state index is 13.3. The Hall–Kier alpha value is -0.860. The smallest absolute Gasteiger partial charge is 0.142 e. The molecule has 0 heterocycles. The van der Waals surface area contributed by atoms with Crippen LogP contribution in [0.4, 0.5) is 4.39 Å². The van der Waals surface area contributed by atoms with Gasteiger partial charge in [-0.05, 0) is 24.6 Å². The topological polar surface area (TPSA) is 12.0 Å². The van der Waals surface area contributed by atoms with E-state index in [0.29, 0.717) is 6.42 Å². The van der Waals surface area contributed by atoms with E-state index in [1.807, 2.05) is 12.1 Å². The largest absolute Gasteiger partial charge is 0.316 e. The Labute approximate surface area is 108 Å². The fraction of sp³-hybridized carbons (Fsp3) is 0.429. The summed E-state index contributed by atoms with van der Waals surface area (Å²) in [6.07, 6.45) is 2.58. The average Bonchev–Trinajstić information content (AvgIpc) is 2.33. The molecule has 0 saturated carbocycles. The van der Waals surface area contributed by atoms with E-state index < -0.39 is 0 Å². The van der Waals surface area contributed by atoms with Crippen LogP contribution < -0.4 is 5.32 Å². The monoisotopic (exact) mass is 255 g/mol. The zero-order valence-corrected chi connectivity index (χ0v) is 11.1. The molecule has 0 aliphatic heterocycles. The third-order valence-corrected chi connectivity index (χ3v) is 3.32. The van der Waals surface area contributed by atoms with Gasteiger partial charge in [0.05, 0.1) is 5.02 Å². The highest BCUT2D eigenvalue weighted by Gasteiger charge is 2.22. The van der Waals surface area contributed by atoms with Crippen molar-refractivity contribution in [3.8, 4) is 0 Å². The zero-order chi connectivity index (χ0) is 12.9. The molecule has 0 amide bonds. The van der Waals surface area contributed by atoms with Gasteiger partial charge in [0.25, 0.3) is 0 Å². The number of hydrogen-bond acceptors (Lipinski definition) is 1. The fourth-order valence-electron chi connectivity index (χ4n) is 1.74. The lowest BCUT2D eigenvalue weighted by atomic mass is 9.83. The molecule has 1 atom stereocenters. The van der Waals surface area contributed by atoms with Crippen LogP contribution in [0.5, 0.6) is 0 Å². The Balaban J connectivity index is 2.87. The van der Waals surface area contributed by atoms with Crippen LogP contribution in [0.1, 0.15) is 19.4 Å². The summed E-state index contributed by atoms with van der Waals surface area (Å²) in [4.78, 5) is 0. The zero-order valence-electron chi connectivity index (χ0n) is 10.4. The molecule has 17 heavy (non-hydrogen) atoms. The second kappa shape index (κ2) is 6.18. The minimum atomic E-state index is -0.362. The van der Waals surface area contributed by atoms with Gasteiger partial charge in [0.2, 0.25) is 0 Å². The van der Waals surface area contributed by atoms with Gasteiger partial charge in [0.1, 0.15) is 5.82 Å². The van der Waals surface area contributed by atoms with E-state index in [1.165, 1.54) is 6.07 Å². The van der Waals surface area contributed by atoms with Gasteiger partial charge in [0, 0.05) is 12.0 Å². The second-order valence-electron chi connectivity index (χ2n) is 4.53. The number of hydrogen-bond donors (Lipinski definition) is 1. The van der Waals surface area contributed by atoms with E-state index in [2.05, 4.69) is 25.7 Å². The Morgan fingerprint density at radius 1 is 1.53 bits per heavy atom. The fourth-order valence-corrected chi connectivity index (χ4v) is 1.93. The lowest BCUT2D eigenvalue weighted by Crippen LogP contribution is -2.32. The first-order chi connectivity index (χ1) is 8.02. The molecule has 1 aromatic rings. The molecule has 0 aliphatic carbocycles. The Kier molecular flexibility index (Phi) is 5.16. The maximum atomic E-state index is 13.3. The highest BCUT2D eigenvalue weighted by molar-refractivity contribution is 6.31. The predicted octanol–water partition coefficient (Wildman–Crippen LogP) is 3.82. The summed E-state index contributed by atoms with van der Waals surface area (Å²) in [5.74, 6) is -0.362. The molecule has 1 aromatic carbocycles. The van der Waals surface area contributed by atoms with Crippen molar-refractivity contribution in [1.29, 1.82) is 0 Å². The van der Waals surface area contributed by atoms with Crippen molar-refractivity contribution in [2.24, 2.45) is 5.41 Å². The van der Waals surface area contributed by atoms with Crippen LogP contribution in [0.3, 0.4) is 0 Å². The number of benzene rings is 1. The first-order valence-electron chi connectivity index (χ1n) is 5.79. The Morgan fingerprint density at radius 2 is 2.24 bits per heavy atom. The van der Waals surface area contributed by atoms with Crippen molar-refractivity contribution in [3.05, 3.63) is 47.3 Å². The van der Waals surface area contributed by atoms with Gasteiger partial charge in [-0.2, -0.15) is 0 Å². The van der Waals surface area contributed by atoms with Crippen molar-refractivity contribution in [3.63, 3.8) is 0 Å². The van der Waals surface area contributed by atoms with E-state index in [-0.39, 0.29) is 16.3 Å². The Bertz CT molecular complexity index is 392. The lowest BCUT2D eigenvalue weighted by molar-refractivity contribution is 0.395. The SMILES string of the molecule is C=CC(C)(CNCC)Cc1cccc(F)c1Cl. The van der Waals surface area contributed by atoms with Gasteiger partial charge in [0.15, 0.2) is 0 Å². The second-order valence-corrected chi connectivity index (χ2v) is 4.91. The van der Waals surface area contributed by atoms with Crippen molar-refractivity contribution in [2.45, 2.75) is 20.3 Å². The molecule has 1 nitrogen and oxygen atoms in total. The molecule has 0 radical (unpaired) electrons. The molecular weight excluding hydrogens is 237 g/mol. The van der Waals surface area contributed by atoms with Crippen molar-refractivity contribution in [1.82, 2.24) is 5.32 Å². The predicted molar refractivity (Wildman–Crippen MR) is 72.0 cm³/mol. The minimum Gasteiger partial charge on any atom is -0.316 e. The molecule has 0 saturated heterocycles. The molecule has 94 valence electrons. The summed E-state index contributed by atoms with van der Waals surface area (Å²) in [5, 5.41) is 3.51. The lowest BCUT2D eigenvalue weighted by Gasteiger charge is -2.26. The molecule has 1 N–H and O–H groups in total. The average molecular weight is 256 g/mol. The van der Waals surface area contributed by atoms with Gasteiger partial charge in [-0.1, -0.05) is 43.7 Å². The van der Waals surface area contributed by atoms with E-state index in [4.69, 9.17) is 11.6 Å². The van der Waals surface area contributed by atoms with Crippen LogP contribution in [-0.4, -0.2) is 13.1 Å². The highest BCUT2D eigenvalue weighted by atomic mass is 35.5. The molecule has 1 unspecified atom stereocenters. The maximum Gasteiger partial charge on any atom is 0.142 e. The van der Waals surface area contributed by atoms with E-state index in [9.17, 15) is 4.39 Å². The molecule has 1 rings (SSSR count). The molecule has 3 heteroatoms. The van der Waals surface area contributed by atoms with Crippen molar-refractivity contribution in [2.75, 3.05) is 13.1 Å². The number of rotatable bonds is 6. The van der Waals surface area contributed by atoms with Crippen molar-refractivity contribution >= 4 is 11.6 Å². The van der Waals surface area contributed by atoms with Gasteiger partial charge >= 0.3 is 0 Å². The van der Waals surface area contributed by atoms with Crippen LogP contribution in [0.15, 0.2) is 30.9 Å². The summed E-state index contributed by atoms with van der Waals surface area (Å²) >= 11 is 5.96. The van der Waals surface area contributed by atoms with Crippen LogP contribution in [0.25, 0.3) is 0 Å². The van der Waals surface area contributed by atoms with E-state index >= 15 is 0 Å². The van der Waals surface area contributed by atoms with Gasteiger partial charge in [-0.15, -0.1) is 6.58 Å². The molecule has 0 bridgehead atoms. The molecule has 0 aromatic heterocycles. The van der Waals surface area contributed by atoms with E-state index in [0.717, 1.165) is 18.7 Å². The molecule has 0 aliphatic rings.